The first-order valence-electron chi connectivity index (χ1n) is 5.66. The zero-order valence-corrected chi connectivity index (χ0v) is 11.0. The first-order valence-corrected chi connectivity index (χ1v) is 6.43. The Balaban J connectivity index is 2.01. The normalized spacial score (nSPS) is 18.2. The molecule has 1 amide bonds. The van der Waals surface area contributed by atoms with Crippen LogP contribution in [0, 0.1) is 0 Å². The van der Waals surface area contributed by atoms with Crippen molar-refractivity contribution in [1.29, 1.82) is 0 Å². The molecule has 1 saturated heterocycles. The zero-order chi connectivity index (χ0) is 12.3. The molecule has 6 nitrogen and oxygen atoms in total. The molecule has 0 radical (unpaired) electrons. The van der Waals surface area contributed by atoms with Gasteiger partial charge in [-0.05, 0) is 6.42 Å². The summed E-state index contributed by atoms with van der Waals surface area (Å²) in [6.45, 7) is 2.92. The Kier molecular flexibility index (Phi) is 3.90. The van der Waals surface area contributed by atoms with Crippen LogP contribution in [0.2, 0.25) is 0 Å². The number of nitrogens with zero attached hydrogens (tertiary/aromatic N) is 4. The van der Waals surface area contributed by atoms with E-state index >= 15 is 0 Å². The second kappa shape index (κ2) is 5.42. The molecule has 0 spiro atoms. The molecular weight excluding hydrogens is 238 g/mol. The summed E-state index contributed by atoms with van der Waals surface area (Å²) in [5.41, 5.74) is 0.926. The quantitative estimate of drug-likeness (QED) is 0.838. The van der Waals surface area contributed by atoms with Crippen LogP contribution in [0.4, 0.5) is 5.00 Å². The van der Waals surface area contributed by atoms with E-state index in [9.17, 15) is 4.79 Å². The predicted molar refractivity (Wildman–Crippen MR) is 67.0 cm³/mol. The molecule has 1 N–H and O–H groups in total. The third-order valence-electron chi connectivity index (χ3n) is 2.91. The predicted octanol–water partition coefficient (Wildman–Crippen LogP) is 0.244. The van der Waals surface area contributed by atoms with E-state index < -0.39 is 0 Å². The number of nitrogens with one attached hydrogen (secondary N) is 1. The van der Waals surface area contributed by atoms with Gasteiger partial charge in [0.15, 0.2) is 0 Å². The molecule has 0 saturated carbocycles. The van der Waals surface area contributed by atoms with Crippen LogP contribution < -0.4 is 5.32 Å². The minimum atomic E-state index is 0.177. The highest BCUT2D eigenvalue weighted by molar-refractivity contribution is 7.10. The maximum absolute atomic E-state index is 11.7. The van der Waals surface area contributed by atoms with Gasteiger partial charge in [0.25, 0.3) is 0 Å². The maximum atomic E-state index is 11.7. The molecule has 1 aliphatic heterocycles. The average Bonchev–Trinajstić information content (AvgIpc) is 2.69. The molecular formula is C10H17N5OS. The molecule has 0 aromatic carbocycles. The molecule has 17 heavy (non-hydrogen) atoms. The highest BCUT2D eigenvalue weighted by Gasteiger charge is 2.20. The van der Waals surface area contributed by atoms with Crippen molar-refractivity contribution in [2.45, 2.75) is 13.0 Å². The van der Waals surface area contributed by atoms with Gasteiger partial charge >= 0.3 is 0 Å². The smallest absolute Gasteiger partial charge is 0.236 e. The van der Waals surface area contributed by atoms with E-state index in [-0.39, 0.29) is 5.91 Å². The number of rotatable bonds is 3. The van der Waals surface area contributed by atoms with Crippen LogP contribution in [0.5, 0.6) is 0 Å². The maximum Gasteiger partial charge on any atom is 0.236 e. The van der Waals surface area contributed by atoms with Gasteiger partial charge in [-0.3, -0.25) is 9.69 Å². The molecule has 0 aliphatic carbocycles. The number of carbonyl (C=O) groups excluding carboxylic acids is 1. The van der Waals surface area contributed by atoms with Crippen molar-refractivity contribution in [3.8, 4) is 0 Å². The molecule has 7 heteroatoms. The first kappa shape index (κ1) is 12.3. The van der Waals surface area contributed by atoms with Crippen LogP contribution >= 0.6 is 11.5 Å². The zero-order valence-electron chi connectivity index (χ0n) is 10.1. The van der Waals surface area contributed by atoms with Gasteiger partial charge < -0.3 is 10.2 Å². The lowest BCUT2D eigenvalue weighted by molar-refractivity contribution is -0.130. The third-order valence-corrected chi connectivity index (χ3v) is 3.69. The number of likely N-dealkylation sites (N-methyl/N-ethyl adjacent to an activating group) is 1. The number of aromatic nitrogens is 2. The molecule has 1 aromatic rings. The second-order valence-corrected chi connectivity index (χ2v) is 4.93. The van der Waals surface area contributed by atoms with E-state index in [0.717, 1.165) is 30.2 Å². The van der Waals surface area contributed by atoms with Crippen molar-refractivity contribution >= 4 is 22.4 Å². The van der Waals surface area contributed by atoms with Crippen LogP contribution in [0.3, 0.4) is 0 Å². The summed E-state index contributed by atoms with van der Waals surface area (Å²) < 4.78 is 3.92. The Morgan fingerprint density at radius 3 is 3.06 bits per heavy atom. The van der Waals surface area contributed by atoms with Crippen LogP contribution in [-0.2, 0) is 11.3 Å². The average molecular weight is 255 g/mol. The van der Waals surface area contributed by atoms with Crippen LogP contribution in [0.15, 0.2) is 0 Å². The molecule has 1 aliphatic rings. The fraction of sp³-hybridized carbons (Fsp3) is 0.700. The summed E-state index contributed by atoms with van der Waals surface area (Å²) in [6, 6.07) is 0. The minimum absolute atomic E-state index is 0.177. The lowest BCUT2D eigenvalue weighted by atomic mass is 10.3. The summed E-state index contributed by atoms with van der Waals surface area (Å²) in [6.07, 6.45) is 1.01. The largest absolute Gasteiger partial charge is 0.377 e. The third kappa shape index (κ3) is 2.92. The van der Waals surface area contributed by atoms with Gasteiger partial charge in [0.2, 0.25) is 5.91 Å². The summed E-state index contributed by atoms with van der Waals surface area (Å²) >= 11 is 1.35. The van der Waals surface area contributed by atoms with E-state index in [2.05, 4.69) is 19.8 Å². The summed E-state index contributed by atoms with van der Waals surface area (Å²) in [5.74, 6) is 0.177. The van der Waals surface area contributed by atoms with E-state index in [0.29, 0.717) is 13.1 Å². The standard InChI is InChI=1S/C10H17N5OS/c1-11-10-8(12-13-17-10)6-15-5-3-4-14(2)9(16)7-15/h11H,3-7H2,1-2H3. The van der Waals surface area contributed by atoms with Gasteiger partial charge in [-0.2, -0.15) is 0 Å². The number of amides is 1. The van der Waals surface area contributed by atoms with Crippen LogP contribution in [-0.4, -0.2) is 59.0 Å². The molecule has 1 aromatic heterocycles. The Hall–Kier alpha value is -1.21. The molecule has 0 bridgehead atoms. The lowest BCUT2D eigenvalue weighted by Crippen LogP contribution is -2.34. The summed E-state index contributed by atoms with van der Waals surface area (Å²) in [4.78, 5) is 15.7. The summed E-state index contributed by atoms with van der Waals surface area (Å²) in [5, 5.41) is 8.15. The molecule has 1 fully saturated rings. The second-order valence-electron chi connectivity index (χ2n) is 4.18. The fourth-order valence-corrected chi connectivity index (χ4v) is 2.42. The van der Waals surface area contributed by atoms with Gasteiger partial charge in [-0.25, -0.2) is 0 Å². The Labute approximate surface area is 105 Å². The van der Waals surface area contributed by atoms with Crippen LogP contribution in [0.25, 0.3) is 0 Å². The van der Waals surface area contributed by atoms with E-state index in [4.69, 9.17) is 0 Å². The van der Waals surface area contributed by atoms with E-state index in [1.54, 1.807) is 4.90 Å². The van der Waals surface area contributed by atoms with Crippen molar-refractivity contribution < 1.29 is 4.79 Å². The Morgan fingerprint density at radius 2 is 2.29 bits per heavy atom. The lowest BCUT2D eigenvalue weighted by Gasteiger charge is -2.18. The molecule has 94 valence electrons. The number of hydrogen-bond acceptors (Lipinski definition) is 6. The summed E-state index contributed by atoms with van der Waals surface area (Å²) in [7, 11) is 3.72. The van der Waals surface area contributed by atoms with Crippen LogP contribution in [0.1, 0.15) is 12.1 Å². The van der Waals surface area contributed by atoms with Gasteiger partial charge in [0.05, 0.1) is 6.54 Å². The van der Waals surface area contributed by atoms with Crippen molar-refractivity contribution in [2.24, 2.45) is 0 Å². The van der Waals surface area contributed by atoms with Gasteiger partial charge in [-0.15, -0.1) is 5.10 Å². The first-order chi connectivity index (χ1) is 8.20. The van der Waals surface area contributed by atoms with Crippen molar-refractivity contribution in [3.05, 3.63) is 5.69 Å². The highest BCUT2D eigenvalue weighted by atomic mass is 32.1. The minimum Gasteiger partial charge on any atom is -0.377 e. The number of carbonyl (C=O) groups is 1. The van der Waals surface area contributed by atoms with E-state index in [1.807, 2.05) is 14.1 Å². The molecule has 2 heterocycles. The molecule has 0 atom stereocenters. The topological polar surface area (TPSA) is 61.4 Å². The van der Waals surface area contributed by atoms with Gasteiger partial charge in [0.1, 0.15) is 10.7 Å². The number of hydrogen-bond donors (Lipinski definition) is 1. The fourth-order valence-electron chi connectivity index (χ4n) is 1.90. The van der Waals surface area contributed by atoms with Crippen molar-refractivity contribution in [2.75, 3.05) is 39.0 Å². The van der Waals surface area contributed by atoms with Crippen molar-refractivity contribution in [1.82, 2.24) is 19.4 Å². The van der Waals surface area contributed by atoms with E-state index in [1.165, 1.54) is 11.5 Å². The van der Waals surface area contributed by atoms with Gasteiger partial charge in [-0.1, -0.05) is 4.49 Å². The highest BCUT2D eigenvalue weighted by Crippen LogP contribution is 2.19. The Bertz CT molecular complexity index is 394. The number of anilines is 1. The van der Waals surface area contributed by atoms with Crippen molar-refractivity contribution in [3.63, 3.8) is 0 Å². The Morgan fingerprint density at radius 1 is 1.47 bits per heavy atom. The van der Waals surface area contributed by atoms with Gasteiger partial charge in [0, 0.05) is 45.3 Å². The molecule has 0 unspecified atom stereocenters. The SMILES string of the molecule is CNc1snnc1CN1CCCN(C)C(=O)C1. The monoisotopic (exact) mass is 255 g/mol. The molecule has 2 rings (SSSR count).